The SMILES string of the molecule is Fc1c(F)c(F)c2[c]([Al]([c]3c(F)c(F)c(F)c4c(F)c(F)c(F)c(F)c34)[c]3c(F)c(F)c(F)c4c(F)c(F)c(F)c(F)c34)c(F)c(F)c(F)c2c1F. The maximum absolute atomic E-state index is 16.0. The molecule has 0 aromatic heterocycles. The van der Waals surface area contributed by atoms with Gasteiger partial charge >= 0.3 is 14.1 Å². The Morgan fingerprint density at radius 2 is 0.288 bits per heavy atom. The second-order valence-corrected chi connectivity index (χ2v) is 13.1. The average molecular weight is 786 g/mol. The molecule has 6 aromatic rings. The molecule has 270 valence electrons. The number of halogens is 21. The van der Waals surface area contributed by atoms with Crippen molar-refractivity contribution in [2.45, 2.75) is 0 Å². The average Bonchev–Trinajstić information content (AvgIpc) is 3.11. The van der Waals surface area contributed by atoms with E-state index in [1.807, 2.05) is 0 Å². The minimum absolute atomic E-state index is 2.63. The van der Waals surface area contributed by atoms with Gasteiger partial charge < -0.3 is 0 Å². The van der Waals surface area contributed by atoms with E-state index >= 15 is 39.5 Å². The first-order valence-electron chi connectivity index (χ1n) is 13.1. The van der Waals surface area contributed by atoms with Crippen molar-refractivity contribution in [3.05, 3.63) is 122 Å². The van der Waals surface area contributed by atoms with Crippen LogP contribution >= 0.6 is 0 Å². The van der Waals surface area contributed by atoms with Crippen molar-refractivity contribution >= 4 is 59.7 Å². The van der Waals surface area contributed by atoms with E-state index in [4.69, 9.17) is 0 Å². The van der Waals surface area contributed by atoms with Crippen LogP contribution in [0.5, 0.6) is 0 Å². The third kappa shape index (κ3) is 4.55. The highest BCUT2D eigenvalue weighted by Crippen LogP contribution is 2.36. The molecule has 0 nitrogen and oxygen atoms in total. The lowest BCUT2D eigenvalue weighted by atomic mass is 10.1. The van der Waals surface area contributed by atoms with Gasteiger partial charge in [-0.1, -0.05) is 13.3 Å². The van der Waals surface area contributed by atoms with E-state index < -0.39 is 182 Å². The fraction of sp³-hybridized carbons (Fsp3) is 0. The number of hydrogen-bond donors (Lipinski definition) is 0. The van der Waals surface area contributed by atoms with Crippen LogP contribution < -0.4 is 13.3 Å². The van der Waals surface area contributed by atoms with Crippen molar-refractivity contribution in [1.82, 2.24) is 0 Å². The summed E-state index contributed by atoms with van der Waals surface area (Å²) < 4.78 is 307. The first-order valence-corrected chi connectivity index (χ1v) is 14.8. The summed E-state index contributed by atoms with van der Waals surface area (Å²) in [6.45, 7) is 0. The smallest absolute Gasteiger partial charge is 0.205 e. The number of benzene rings is 6. The van der Waals surface area contributed by atoms with Gasteiger partial charge in [-0.15, -0.1) is 0 Å². The van der Waals surface area contributed by atoms with E-state index in [0.29, 0.717) is 0 Å². The zero-order chi connectivity index (χ0) is 38.9. The van der Waals surface area contributed by atoms with Crippen LogP contribution in [0.3, 0.4) is 0 Å². The molecule has 0 aliphatic rings. The van der Waals surface area contributed by atoms with Crippen LogP contribution in [0.2, 0.25) is 0 Å². The maximum atomic E-state index is 16.0. The molecule has 0 radical (unpaired) electrons. The Morgan fingerprint density at radius 1 is 0.154 bits per heavy atom. The van der Waals surface area contributed by atoms with Crippen molar-refractivity contribution in [1.29, 1.82) is 0 Å². The number of hydrogen-bond acceptors (Lipinski definition) is 0. The Balaban J connectivity index is 2.10. The molecule has 6 rings (SSSR count). The van der Waals surface area contributed by atoms with Crippen LogP contribution in [0.4, 0.5) is 92.2 Å². The lowest BCUT2D eigenvalue weighted by molar-refractivity contribution is 0.411. The van der Waals surface area contributed by atoms with Crippen molar-refractivity contribution < 1.29 is 92.2 Å². The van der Waals surface area contributed by atoms with Crippen molar-refractivity contribution in [2.75, 3.05) is 0 Å². The Labute approximate surface area is 274 Å². The predicted molar refractivity (Wildman–Crippen MR) is 136 cm³/mol. The standard InChI is InChI=1S/3C10F7.Al/c3*11-3-1-2-4(7(14)6(3)13)8(15)10(17)9(16)5(2)12;. The summed E-state index contributed by atoms with van der Waals surface area (Å²) in [7, 11) is 0. The van der Waals surface area contributed by atoms with Gasteiger partial charge in [0.25, 0.3) is 0 Å². The Bertz CT molecular complexity index is 2340. The molecule has 0 saturated carbocycles. The second kappa shape index (κ2) is 12.1. The normalized spacial score (nSPS) is 11.9. The molecule has 0 fully saturated rings. The van der Waals surface area contributed by atoms with E-state index in [0.717, 1.165) is 0 Å². The van der Waals surface area contributed by atoms with Crippen LogP contribution in [0.15, 0.2) is 0 Å². The van der Waals surface area contributed by atoms with Crippen molar-refractivity contribution in [3.63, 3.8) is 0 Å². The largest absolute Gasteiger partial charge is 0.401 e. The molecule has 0 amide bonds. The van der Waals surface area contributed by atoms with E-state index in [1.165, 1.54) is 0 Å². The van der Waals surface area contributed by atoms with Crippen molar-refractivity contribution in [2.24, 2.45) is 0 Å². The number of fused-ring (bicyclic) bond motifs is 3. The first-order chi connectivity index (χ1) is 24.1. The molecule has 0 atom stereocenters. The van der Waals surface area contributed by atoms with Gasteiger partial charge in [0.1, 0.15) is 0 Å². The lowest BCUT2D eigenvalue weighted by Gasteiger charge is -2.24. The summed E-state index contributed by atoms with van der Waals surface area (Å²) in [4.78, 5) is 0. The third-order valence-electron chi connectivity index (χ3n) is 8.00. The van der Waals surface area contributed by atoms with E-state index in [2.05, 4.69) is 0 Å². The van der Waals surface area contributed by atoms with Gasteiger partial charge in [-0.05, 0) is 0 Å². The molecule has 22 heteroatoms. The Hall–Kier alpha value is -4.84. The van der Waals surface area contributed by atoms with E-state index in [-0.39, 0.29) is 0 Å². The molecule has 0 aliphatic carbocycles. The van der Waals surface area contributed by atoms with Crippen LogP contribution in [-0.2, 0) is 0 Å². The molecule has 6 aromatic carbocycles. The molecule has 0 saturated heterocycles. The monoisotopic (exact) mass is 786 g/mol. The number of rotatable bonds is 3. The van der Waals surface area contributed by atoms with Gasteiger partial charge in [-0.2, -0.15) is 0 Å². The third-order valence-corrected chi connectivity index (χ3v) is 11.4. The summed E-state index contributed by atoms with van der Waals surface area (Å²) in [6.07, 6.45) is 0. The predicted octanol–water partition coefficient (Wildman–Crippen LogP) is 8.58. The molecule has 0 N–H and O–H groups in total. The summed E-state index contributed by atoms with van der Waals surface area (Å²) in [6, 6.07) is 0. The van der Waals surface area contributed by atoms with Gasteiger partial charge in [0.2, 0.25) is 0 Å². The molecule has 0 spiro atoms. The van der Waals surface area contributed by atoms with Gasteiger partial charge in [0.15, 0.2) is 122 Å². The topological polar surface area (TPSA) is 0 Å². The maximum Gasteiger partial charge on any atom is 0.401 e. The minimum atomic E-state index is -6.71. The summed E-state index contributed by atoms with van der Waals surface area (Å²) in [5.74, 6) is -66.0. The highest BCUT2D eigenvalue weighted by Gasteiger charge is 2.47. The van der Waals surface area contributed by atoms with E-state index in [9.17, 15) is 52.7 Å². The molecule has 0 heterocycles. The summed E-state index contributed by atoms with van der Waals surface area (Å²) in [5.41, 5.74) is 0. The highest BCUT2D eigenvalue weighted by molar-refractivity contribution is 6.99. The van der Waals surface area contributed by atoms with Gasteiger partial charge in [-0.25, -0.2) is 92.2 Å². The van der Waals surface area contributed by atoms with Crippen LogP contribution in [0, 0.1) is 122 Å². The quantitative estimate of drug-likeness (QED) is 0.0731. The first kappa shape index (κ1) is 36.9. The van der Waals surface area contributed by atoms with Crippen LogP contribution in [0.25, 0.3) is 32.3 Å². The van der Waals surface area contributed by atoms with Gasteiger partial charge in [0.05, 0.1) is 16.2 Å². The highest BCUT2D eigenvalue weighted by atomic mass is 27.2. The molecular weight excluding hydrogens is 786 g/mol. The summed E-state index contributed by atoms with van der Waals surface area (Å²) >= 11 is -6.71. The fourth-order valence-electron chi connectivity index (χ4n) is 5.82. The lowest BCUT2D eigenvalue weighted by Crippen LogP contribution is -2.58. The molecular formula is C30AlF21. The molecule has 52 heavy (non-hydrogen) atoms. The zero-order valence-corrected chi connectivity index (χ0v) is 24.7. The Kier molecular flexibility index (Phi) is 8.60. The second-order valence-electron chi connectivity index (χ2n) is 10.5. The Morgan fingerprint density at radius 3 is 0.462 bits per heavy atom. The van der Waals surface area contributed by atoms with Crippen LogP contribution in [0.1, 0.15) is 0 Å². The van der Waals surface area contributed by atoms with Crippen LogP contribution in [-0.4, -0.2) is 14.1 Å². The summed E-state index contributed by atoms with van der Waals surface area (Å²) in [5, 5.41) is -15.8. The van der Waals surface area contributed by atoms with E-state index in [1.54, 1.807) is 0 Å². The molecule has 0 unspecified atom stereocenters. The molecule has 0 bridgehead atoms. The van der Waals surface area contributed by atoms with Gasteiger partial charge in [-0.3, -0.25) is 0 Å². The van der Waals surface area contributed by atoms with Crippen molar-refractivity contribution in [3.8, 4) is 0 Å². The zero-order valence-electron chi connectivity index (χ0n) is 23.5. The minimum Gasteiger partial charge on any atom is -0.205 e. The van der Waals surface area contributed by atoms with Gasteiger partial charge in [0, 0.05) is 16.2 Å². The molecule has 0 aliphatic heterocycles. The fourth-order valence-corrected chi connectivity index (χ4v) is 9.51.